The van der Waals surface area contributed by atoms with Crippen LogP contribution in [-0.4, -0.2) is 0 Å². The Kier molecular flexibility index (Phi) is 4.91. The predicted octanol–water partition coefficient (Wildman–Crippen LogP) is 4.39. The molecule has 0 radical (unpaired) electrons. The predicted molar refractivity (Wildman–Crippen MR) is 76.8 cm³/mol. The summed E-state index contributed by atoms with van der Waals surface area (Å²) < 4.78 is 0.827. The summed E-state index contributed by atoms with van der Waals surface area (Å²) in [4.78, 5) is 0. The first kappa shape index (κ1) is 12.5. The van der Waals surface area contributed by atoms with Crippen LogP contribution in [0.2, 0.25) is 5.02 Å². The van der Waals surface area contributed by atoms with Gasteiger partial charge in [-0.25, -0.2) is 0 Å². The lowest BCUT2D eigenvalue weighted by molar-refractivity contribution is 1.43. The first-order chi connectivity index (χ1) is 6.57. The molecule has 0 aliphatic carbocycles. The van der Waals surface area contributed by atoms with Gasteiger partial charge in [-0.2, -0.15) is 0 Å². The van der Waals surface area contributed by atoms with Crippen LogP contribution in [-0.2, 0) is 0 Å². The van der Waals surface area contributed by atoms with Crippen LogP contribution >= 0.6 is 57.7 Å². The lowest BCUT2D eigenvalue weighted by Gasteiger charge is -2.07. The maximum absolute atomic E-state index is 6.01. The van der Waals surface area contributed by atoms with Crippen molar-refractivity contribution in [1.82, 2.24) is 0 Å². The van der Waals surface area contributed by atoms with E-state index >= 15 is 0 Å². The fourth-order valence-corrected chi connectivity index (χ4v) is 2.11. The second-order valence-electron chi connectivity index (χ2n) is 2.56. The third kappa shape index (κ3) is 2.72. The molecule has 0 aliphatic heterocycles. The quantitative estimate of drug-likeness (QED) is 0.396. The minimum atomic E-state index is 0.648. The van der Waals surface area contributed by atoms with Gasteiger partial charge in [-0.1, -0.05) is 17.5 Å². The highest BCUT2D eigenvalue weighted by molar-refractivity contribution is 14.2. The Hall–Kier alpha value is 0.430. The smallest absolute Gasteiger partial charge is 0.0598 e. The number of hydrogen-bond acceptors (Lipinski definition) is 2. The number of hydrogen-bond donors (Lipinski definition) is 1. The van der Waals surface area contributed by atoms with Crippen LogP contribution in [0.25, 0.3) is 0 Å². The van der Waals surface area contributed by atoms with E-state index in [-0.39, 0.29) is 0 Å². The van der Waals surface area contributed by atoms with E-state index in [1.165, 1.54) is 8.93 Å². The first-order valence-electron chi connectivity index (χ1n) is 3.60. The topological polar surface area (TPSA) is 26.0 Å². The molecule has 0 saturated carbocycles. The maximum Gasteiger partial charge on any atom is 0.0598 e. The Morgan fingerprint density at radius 2 is 2.29 bits per heavy atom. The van der Waals surface area contributed by atoms with Gasteiger partial charge in [0.15, 0.2) is 0 Å². The summed E-state index contributed by atoms with van der Waals surface area (Å²) in [7, 11) is 1.43. The van der Waals surface area contributed by atoms with Crippen LogP contribution < -0.4 is 5.73 Å². The summed E-state index contributed by atoms with van der Waals surface area (Å²) in [5.74, 6) is 2.96. The van der Waals surface area contributed by atoms with Crippen LogP contribution in [0.15, 0.2) is 10.5 Å². The zero-order chi connectivity index (χ0) is 10.7. The van der Waals surface area contributed by atoms with Crippen molar-refractivity contribution < 1.29 is 0 Å². The van der Waals surface area contributed by atoms with Gasteiger partial charge in [0.25, 0.3) is 0 Å². The monoisotopic (exact) mass is 401 g/mol. The molecular weight excluding hydrogens is 396 g/mol. The van der Waals surface area contributed by atoms with Gasteiger partial charge in [0.1, 0.15) is 0 Å². The normalized spacial score (nSPS) is 9.43. The van der Waals surface area contributed by atoms with Crippen molar-refractivity contribution in [3.8, 4) is 11.2 Å². The zero-order valence-electron chi connectivity index (χ0n) is 7.20. The van der Waals surface area contributed by atoms with Crippen molar-refractivity contribution in [3.63, 3.8) is 0 Å². The molecule has 0 fully saturated rings. The number of nitrogens with two attached hydrogens (primary N) is 1. The molecule has 0 atom stereocenters. The van der Waals surface area contributed by atoms with Crippen LogP contribution in [0.1, 0.15) is 11.1 Å². The Labute approximate surface area is 113 Å². The SMILES string of the molecule is Cc1c(N)c(C#CSI)cc(Br)c1Cl. The summed E-state index contributed by atoms with van der Waals surface area (Å²) >= 11 is 11.5. The molecule has 74 valence electrons. The molecule has 1 aromatic rings. The molecule has 2 N–H and O–H groups in total. The van der Waals surface area contributed by atoms with Gasteiger partial charge in [-0.3, -0.25) is 0 Å². The van der Waals surface area contributed by atoms with Gasteiger partial charge in [-0.15, -0.1) is 0 Å². The molecule has 14 heavy (non-hydrogen) atoms. The van der Waals surface area contributed by atoms with Crippen molar-refractivity contribution in [2.45, 2.75) is 6.92 Å². The molecule has 0 amide bonds. The zero-order valence-corrected chi connectivity index (χ0v) is 12.5. The lowest BCUT2D eigenvalue weighted by atomic mass is 10.1. The standard InChI is InChI=1S/C9H6BrClINS/c1-5-8(11)7(10)4-6(9(5)13)2-3-14-12/h4H,13H2,1H3. The second kappa shape index (κ2) is 5.50. The molecule has 0 aliphatic rings. The number of benzene rings is 1. The molecular formula is C9H6BrClINS. The third-order valence-electron chi connectivity index (χ3n) is 1.73. The number of anilines is 1. The van der Waals surface area contributed by atoms with Gasteiger partial charge in [0, 0.05) is 31.2 Å². The van der Waals surface area contributed by atoms with E-state index < -0.39 is 0 Å². The number of nitrogen functional groups attached to an aromatic ring is 1. The minimum absolute atomic E-state index is 0.648. The Morgan fingerprint density at radius 3 is 2.86 bits per heavy atom. The highest BCUT2D eigenvalue weighted by Crippen LogP contribution is 2.32. The molecule has 5 heteroatoms. The van der Waals surface area contributed by atoms with Crippen molar-refractivity contribution in [3.05, 3.63) is 26.7 Å². The lowest BCUT2D eigenvalue weighted by Crippen LogP contribution is -1.95. The highest BCUT2D eigenvalue weighted by atomic mass is 127. The van der Waals surface area contributed by atoms with E-state index in [9.17, 15) is 0 Å². The largest absolute Gasteiger partial charge is 0.397 e. The average molecular weight is 402 g/mol. The minimum Gasteiger partial charge on any atom is -0.397 e. The Bertz CT molecular complexity index is 425. The number of halogens is 3. The van der Waals surface area contributed by atoms with E-state index in [0.29, 0.717) is 10.7 Å². The molecule has 1 aromatic carbocycles. The summed E-state index contributed by atoms with van der Waals surface area (Å²) in [5, 5.41) is 3.54. The summed E-state index contributed by atoms with van der Waals surface area (Å²) in [6, 6.07) is 1.84. The van der Waals surface area contributed by atoms with E-state index in [1.54, 1.807) is 0 Å². The van der Waals surface area contributed by atoms with Crippen molar-refractivity contribution >= 4 is 63.4 Å². The highest BCUT2D eigenvalue weighted by Gasteiger charge is 2.08. The van der Waals surface area contributed by atoms with Crippen LogP contribution in [0.3, 0.4) is 0 Å². The summed E-state index contributed by atoms with van der Waals surface area (Å²) in [6.07, 6.45) is 0. The summed E-state index contributed by atoms with van der Waals surface area (Å²) in [6.45, 7) is 1.88. The Balaban J connectivity index is 3.33. The molecule has 1 rings (SSSR count). The van der Waals surface area contributed by atoms with E-state index in [0.717, 1.165) is 15.6 Å². The van der Waals surface area contributed by atoms with Crippen LogP contribution in [0, 0.1) is 18.1 Å². The van der Waals surface area contributed by atoms with E-state index in [4.69, 9.17) is 17.3 Å². The van der Waals surface area contributed by atoms with Crippen molar-refractivity contribution in [2.75, 3.05) is 5.73 Å². The fourth-order valence-electron chi connectivity index (χ4n) is 0.945. The van der Waals surface area contributed by atoms with E-state index in [1.807, 2.05) is 13.0 Å². The van der Waals surface area contributed by atoms with Gasteiger partial charge in [0.05, 0.1) is 10.7 Å². The molecule has 0 aromatic heterocycles. The Morgan fingerprint density at radius 1 is 1.64 bits per heavy atom. The van der Waals surface area contributed by atoms with Gasteiger partial charge in [-0.05, 0) is 48.7 Å². The molecule has 0 bridgehead atoms. The maximum atomic E-state index is 6.01. The van der Waals surface area contributed by atoms with Gasteiger partial charge in [0.2, 0.25) is 0 Å². The summed E-state index contributed by atoms with van der Waals surface area (Å²) in [5.41, 5.74) is 8.20. The molecule has 1 nitrogen and oxygen atoms in total. The molecule has 0 unspecified atom stereocenters. The van der Waals surface area contributed by atoms with E-state index in [2.05, 4.69) is 48.3 Å². The second-order valence-corrected chi connectivity index (χ2v) is 5.47. The third-order valence-corrected chi connectivity index (χ3v) is 3.91. The first-order valence-corrected chi connectivity index (χ1v) is 8.13. The molecule has 0 saturated heterocycles. The fraction of sp³-hybridized carbons (Fsp3) is 0.111. The number of rotatable bonds is 0. The molecule has 0 spiro atoms. The van der Waals surface area contributed by atoms with Crippen LogP contribution in [0.4, 0.5) is 5.69 Å². The van der Waals surface area contributed by atoms with Gasteiger partial charge >= 0.3 is 0 Å². The van der Waals surface area contributed by atoms with Crippen LogP contribution in [0.5, 0.6) is 0 Å². The van der Waals surface area contributed by atoms with Crippen molar-refractivity contribution in [1.29, 1.82) is 0 Å². The molecule has 0 heterocycles. The average Bonchev–Trinajstić information content (AvgIpc) is 2.18. The van der Waals surface area contributed by atoms with Crippen molar-refractivity contribution in [2.24, 2.45) is 0 Å². The van der Waals surface area contributed by atoms with Gasteiger partial charge < -0.3 is 5.73 Å².